The number of hydrogen-bond donors (Lipinski definition) is 2. The summed E-state index contributed by atoms with van der Waals surface area (Å²) in [5, 5.41) is 15.0. The van der Waals surface area contributed by atoms with Crippen LogP contribution in [-0.4, -0.2) is 17.6 Å². The Bertz CT molecular complexity index is 831. The van der Waals surface area contributed by atoms with Gasteiger partial charge in [0.05, 0.1) is 4.88 Å². The number of benzene rings is 1. The maximum atomic E-state index is 13.2. The quantitative estimate of drug-likeness (QED) is 0.826. The first-order chi connectivity index (χ1) is 11.1. The Balaban J connectivity index is 2.19. The van der Waals surface area contributed by atoms with E-state index in [9.17, 15) is 14.3 Å². The van der Waals surface area contributed by atoms with E-state index in [0.29, 0.717) is 33.7 Å². The normalized spacial score (nSPS) is 19.9. The molecule has 5 heteroatoms. The van der Waals surface area contributed by atoms with Crippen LogP contribution in [0.25, 0.3) is 11.1 Å². The molecule has 2 heterocycles. The van der Waals surface area contributed by atoms with Crippen molar-refractivity contribution in [2.45, 2.75) is 0 Å². The number of rotatable bonds is 1. The fourth-order valence-corrected chi connectivity index (χ4v) is 3.27. The number of aliphatic hydroxyl groups excluding tert-OH is 1. The van der Waals surface area contributed by atoms with Crippen LogP contribution in [-0.2, 0) is 0 Å². The summed E-state index contributed by atoms with van der Waals surface area (Å²) in [5.74, 6) is -0.513. The number of thiophene rings is 1. The average Bonchev–Trinajstić information content (AvgIpc) is 3.02. The molecule has 116 valence electrons. The zero-order valence-electron chi connectivity index (χ0n) is 12.2. The lowest BCUT2D eigenvalue weighted by Crippen LogP contribution is -2.23. The number of aliphatic hydroxyl groups is 1. The Morgan fingerprint density at radius 1 is 1.22 bits per heavy atom. The van der Waals surface area contributed by atoms with Gasteiger partial charge in [-0.3, -0.25) is 4.79 Å². The molecule has 0 bridgehead atoms. The van der Waals surface area contributed by atoms with E-state index in [1.165, 1.54) is 29.5 Å². The predicted octanol–water partition coefficient (Wildman–Crippen LogP) is 4.17. The van der Waals surface area contributed by atoms with Crippen molar-refractivity contribution >= 4 is 28.4 Å². The number of fused-ring (bicyclic) bond motifs is 1. The van der Waals surface area contributed by atoms with Gasteiger partial charge in [0.25, 0.3) is 5.91 Å². The van der Waals surface area contributed by atoms with E-state index < -0.39 is 0 Å². The molecule has 0 spiro atoms. The van der Waals surface area contributed by atoms with Gasteiger partial charge in [0.1, 0.15) is 11.6 Å². The summed E-state index contributed by atoms with van der Waals surface area (Å²) < 4.78 is 13.2. The largest absolute Gasteiger partial charge is 0.507 e. The minimum absolute atomic E-state index is 0.0231. The van der Waals surface area contributed by atoms with E-state index in [1.807, 2.05) is 0 Å². The van der Waals surface area contributed by atoms with Crippen molar-refractivity contribution in [3.63, 3.8) is 0 Å². The van der Waals surface area contributed by atoms with Gasteiger partial charge in [0.15, 0.2) is 0 Å². The summed E-state index contributed by atoms with van der Waals surface area (Å²) >= 11 is 1.32. The van der Waals surface area contributed by atoms with E-state index in [-0.39, 0.29) is 17.5 Å². The summed E-state index contributed by atoms with van der Waals surface area (Å²) in [7, 11) is 0. The number of carbonyl (C=O) groups excluding carboxylic acids is 1. The van der Waals surface area contributed by atoms with Crippen molar-refractivity contribution in [3.8, 4) is 0 Å². The molecule has 1 amide bonds. The van der Waals surface area contributed by atoms with Crippen LogP contribution in [0.3, 0.4) is 0 Å². The molecule has 1 aliphatic rings. The first-order valence-corrected chi connectivity index (χ1v) is 7.87. The first-order valence-electron chi connectivity index (χ1n) is 6.99. The maximum absolute atomic E-state index is 13.2. The number of halogens is 1. The van der Waals surface area contributed by atoms with Gasteiger partial charge in [-0.25, -0.2) is 4.39 Å². The van der Waals surface area contributed by atoms with Gasteiger partial charge in [0, 0.05) is 17.7 Å². The van der Waals surface area contributed by atoms with Crippen molar-refractivity contribution in [1.29, 1.82) is 0 Å². The summed E-state index contributed by atoms with van der Waals surface area (Å²) in [6.45, 7) is 4.36. The molecule has 1 aliphatic heterocycles. The van der Waals surface area contributed by atoms with E-state index in [4.69, 9.17) is 0 Å². The molecule has 0 saturated heterocycles. The molecule has 1 aromatic carbocycles. The van der Waals surface area contributed by atoms with Gasteiger partial charge in [-0.1, -0.05) is 24.8 Å². The molecular weight excluding hydrogens is 313 g/mol. The predicted molar refractivity (Wildman–Crippen MR) is 90.8 cm³/mol. The van der Waals surface area contributed by atoms with Crippen LogP contribution in [0.15, 0.2) is 60.2 Å². The number of hydrogen-bond acceptors (Lipinski definition) is 3. The smallest absolute Gasteiger partial charge is 0.262 e. The van der Waals surface area contributed by atoms with Crippen LogP contribution in [0.2, 0.25) is 0 Å². The molecule has 3 rings (SSSR count). The summed E-state index contributed by atoms with van der Waals surface area (Å²) in [4.78, 5) is 12.7. The lowest BCUT2D eigenvalue weighted by molar-refractivity contribution is 0.0961. The molecule has 0 fully saturated rings. The van der Waals surface area contributed by atoms with Crippen molar-refractivity contribution < 1.29 is 14.3 Å². The van der Waals surface area contributed by atoms with Crippen LogP contribution in [0.5, 0.6) is 0 Å². The topological polar surface area (TPSA) is 49.3 Å². The Hall–Kier alpha value is -2.66. The van der Waals surface area contributed by atoms with Gasteiger partial charge in [0.2, 0.25) is 0 Å². The minimum atomic E-state index is -0.356. The zero-order valence-corrected chi connectivity index (χ0v) is 13.0. The lowest BCUT2D eigenvalue weighted by atomic mass is 9.92. The van der Waals surface area contributed by atoms with Crippen molar-refractivity contribution in [2.75, 3.05) is 6.54 Å². The molecule has 0 aliphatic carbocycles. The fourth-order valence-electron chi connectivity index (χ4n) is 2.44. The van der Waals surface area contributed by atoms with Crippen LogP contribution in [0.4, 0.5) is 4.39 Å². The summed E-state index contributed by atoms with van der Waals surface area (Å²) in [6.07, 6.45) is 3.17. The third-order valence-electron chi connectivity index (χ3n) is 3.54. The Morgan fingerprint density at radius 2 is 1.96 bits per heavy atom. The number of amides is 1. The molecule has 0 unspecified atom stereocenters. The highest BCUT2D eigenvalue weighted by Gasteiger charge is 2.20. The van der Waals surface area contributed by atoms with Crippen molar-refractivity contribution in [3.05, 3.63) is 82.0 Å². The van der Waals surface area contributed by atoms with Crippen molar-refractivity contribution in [1.82, 2.24) is 5.32 Å². The third-order valence-corrected chi connectivity index (χ3v) is 4.46. The molecule has 2 N–H and O–H groups in total. The number of nitrogens with one attached hydrogen (secondary N) is 1. The van der Waals surface area contributed by atoms with Crippen LogP contribution < -0.4 is 5.32 Å². The molecule has 1 aromatic heterocycles. The Kier molecular flexibility index (Phi) is 4.12. The molecule has 0 saturated carbocycles. The van der Waals surface area contributed by atoms with Gasteiger partial charge in [-0.2, -0.15) is 0 Å². The highest BCUT2D eigenvalue weighted by atomic mass is 32.1. The first kappa shape index (κ1) is 15.2. The molecule has 2 aromatic rings. The van der Waals surface area contributed by atoms with Crippen LogP contribution >= 0.6 is 11.3 Å². The minimum Gasteiger partial charge on any atom is -0.507 e. The molecule has 3 nitrogen and oxygen atoms in total. The summed E-state index contributed by atoms with van der Waals surface area (Å²) in [5.41, 5.74) is 2.30. The number of carbonyl (C=O) groups is 1. The van der Waals surface area contributed by atoms with E-state index >= 15 is 0 Å². The van der Waals surface area contributed by atoms with E-state index in [0.717, 1.165) is 0 Å². The van der Waals surface area contributed by atoms with E-state index in [2.05, 4.69) is 11.9 Å². The standard InChI is InChI=1S/C18H14FNO2S/c1-11-14-8-10-23-17(14)18(22)20-9-2-3-15(21)16(11)12-4-6-13(19)7-5-12/h2-8,10,21H,1,9H2,(H,20,22)/b3-2-,16-15-. The van der Waals surface area contributed by atoms with Crippen LogP contribution in [0.1, 0.15) is 20.8 Å². The van der Waals surface area contributed by atoms with Crippen LogP contribution in [0, 0.1) is 5.82 Å². The second-order valence-electron chi connectivity index (χ2n) is 5.02. The highest BCUT2D eigenvalue weighted by molar-refractivity contribution is 7.12. The van der Waals surface area contributed by atoms with Crippen molar-refractivity contribution in [2.24, 2.45) is 0 Å². The highest BCUT2D eigenvalue weighted by Crippen LogP contribution is 2.36. The second-order valence-corrected chi connectivity index (χ2v) is 5.94. The van der Waals surface area contributed by atoms with Gasteiger partial charge in [-0.05, 0) is 40.8 Å². The molecular formula is C18H14FNO2S. The molecule has 0 radical (unpaired) electrons. The SMILES string of the molecule is C=C1/C(c2ccc(F)cc2)=C(O)\C=C/CNC(=O)c2sccc21. The average molecular weight is 327 g/mol. The summed E-state index contributed by atoms with van der Waals surface area (Å²) in [6, 6.07) is 7.61. The van der Waals surface area contributed by atoms with Gasteiger partial charge in [-0.15, -0.1) is 11.3 Å². The monoisotopic (exact) mass is 327 g/mol. The maximum Gasteiger partial charge on any atom is 0.262 e. The number of allylic oxidation sites excluding steroid dienone is 3. The van der Waals surface area contributed by atoms with Gasteiger partial charge < -0.3 is 10.4 Å². The Labute approximate surface area is 137 Å². The molecule has 23 heavy (non-hydrogen) atoms. The van der Waals surface area contributed by atoms with Gasteiger partial charge >= 0.3 is 0 Å². The van der Waals surface area contributed by atoms with E-state index in [1.54, 1.807) is 29.7 Å². The Morgan fingerprint density at radius 3 is 2.70 bits per heavy atom. The lowest BCUT2D eigenvalue weighted by Gasteiger charge is -2.15. The fraction of sp³-hybridized carbons (Fsp3) is 0.0556. The third kappa shape index (κ3) is 2.96. The zero-order chi connectivity index (χ0) is 16.4. The second kappa shape index (κ2) is 6.22. The molecule has 0 atom stereocenters.